The molecule has 1 aromatic rings. The number of halogens is 1. The summed E-state index contributed by atoms with van der Waals surface area (Å²) < 4.78 is 24.5. The van der Waals surface area contributed by atoms with Crippen LogP contribution in [0.3, 0.4) is 0 Å². The smallest absolute Gasteiger partial charge is 0.180 e. The van der Waals surface area contributed by atoms with E-state index in [0.717, 1.165) is 0 Å². The van der Waals surface area contributed by atoms with E-state index in [-0.39, 0.29) is 12.3 Å². The summed E-state index contributed by atoms with van der Waals surface area (Å²) in [5, 5.41) is 2.78. The lowest BCUT2D eigenvalue weighted by atomic mass is 9.95. The number of alkyl halides is 1. The molecule has 1 rings (SSSR count). The average molecular weight is 269 g/mol. The lowest BCUT2D eigenvalue weighted by molar-refractivity contribution is 0.0989. The Kier molecular flexibility index (Phi) is 4.89. The van der Waals surface area contributed by atoms with Crippen molar-refractivity contribution in [3.8, 4) is 11.5 Å². The van der Waals surface area contributed by atoms with Crippen LogP contribution in [0.1, 0.15) is 29.8 Å². The number of likely N-dealkylation sites (N-methyl/N-ethyl adjacent to an activating group) is 1. The lowest BCUT2D eigenvalue weighted by Gasteiger charge is -2.20. The first kappa shape index (κ1) is 15.4. The Labute approximate surface area is 112 Å². The van der Waals surface area contributed by atoms with Gasteiger partial charge in [0.25, 0.3) is 0 Å². The summed E-state index contributed by atoms with van der Waals surface area (Å²) in [4.78, 5) is 12.0. The zero-order valence-electron chi connectivity index (χ0n) is 12.0. The SMILES string of the molecule is CNCC(=O)c1cc(OC)c(C(C)(C)F)cc1OC. The largest absolute Gasteiger partial charge is 0.496 e. The molecule has 1 N–H and O–H groups in total. The number of Topliss-reactive ketones (excluding diaryl/α,β-unsaturated/α-hetero) is 1. The van der Waals surface area contributed by atoms with Gasteiger partial charge in [0.05, 0.1) is 26.3 Å². The van der Waals surface area contributed by atoms with Gasteiger partial charge in [-0.05, 0) is 33.0 Å². The molecule has 0 aromatic heterocycles. The second-order valence-corrected chi connectivity index (χ2v) is 4.68. The van der Waals surface area contributed by atoms with Gasteiger partial charge in [-0.3, -0.25) is 4.79 Å². The molecule has 0 bridgehead atoms. The molecule has 19 heavy (non-hydrogen) atoms. The van der Waals surface area contributed by atoms with Crippen molar-refractivity contribution in [1.82, 2.24) is 5.32 Å². The van der Waals surface area contributed by atoms with Gasteiger partial charge >= 0.3 is 0 Å². The number of benzene rings is 1. The maximum absolute atomic E-state index is 14.1. The molecule has 0 radical (unpaired) electrons. The van der Waals surface area contributed by atoms with E-state index in [1.54, 1.807) is 7.05 Å². The Morgan fingerprint density at radius 2 is 1.84 bits per heavy atom. The minimum Gasteiger partial charge on any atom is -0.496 e. The molecule has 0 fully saturated rings. The predicted molar refractivity (Wildman–Crippen MR) is 71.9 cm³/mol. The number of hydrogen-bond acceptors (Lipinski definition) is 4. The molecule has 0 spiro atoms. The third kappa shape index (κ3) is 3.44. The number of nitrogens with one attached hydrogen (secondary N) is 1. The summed E-state index contributed by atoms with van der Waals surface area (Å²) in [5.41, 5.74) is -0.849. The molecular weight excluding hydrogens is 249 g/mol. The van der Waals surface area contributed by atoms with Crippen molar-refractivity contribution >= 4 is 5.78 Å². The number of carbonyl (C=O) groups is 1. The number of rotatable bonds is 6. The van der Waals surface area contributed by atoms with E-state index in [2.05, 4.69) is 5.32 Å². The molecule has 5 heteroatoms. The van der Waals surface area contributed by atoms with Gasteiger partial charge in [-0.2, -0.15) is 0 Å². The third-order valence-corrected chi connectivity index (χ3v) is 2.80. The quantitative estimate of drug-likeness (QED) is 0.805. The van der Waals surface area contributed by atoms with Crippen LogP contribution in [0, 0.1) is 0 Å². The van der Waals surface area contributed by atoms with E-state index in [9.17, 15) is 9.18 Å². The monoisotopic (exact) mass is 269 g/mol. The Morgan fingerprint density at radius 1 is 1.26 bits per heavy atom. The van der Waals surface area contributed by atoms with Gasteiger partial charge in [-0.15, -0.1) is 0 Å². The van der Waals surface area contributed by atoms with Crippen LogP contribution in [0.4, 0.5) is 4.39 Å². The Morgan fingerprint density at radius 3 is 2.26 bits per heavy atom. The molecule has 0 aliphatic rings. The summed E-state index contributed by atoms with van der Waals surface area (Å²) in [5.74, 6) is 0.551. The topological polar surface area (TPSA) is 47.6 Å². The van der Waals surface area contributed by atoms with Crippen LogP contribution in [0.2, 0.25) is 0 Å². The second-order valence-electron chi connectivity index (χ2n) is 4.68. The van der Waals surface area contributed by atoms with Crippen LogP contribution < -0.4 is 14.8 Å². The molecule has 106 valence electrons. The zero-order valence-corrected chi connectivity index (χ0v) is 12.0. The molecule has 0 heterocycles. The highest BCUT2D eigenvalue weighted by molar-refractivity contribution is 6.00. The molecule has 0 unspecified atom stereocenters. The van der Waals surface area contributed by atoms with E-state index < -0.39 is 5.67 Å². The summed E-state index contributed by atoms with van der Waals surface area (Å²) in [7, 11) is 4.58. The maximum Gasteiger partial charge on any atom is 0.180 e. The summed E-state index contributed by atoms with van der Waals surface area (Å²) in [6, 6.07) is 3.04. The van der Waals surface area contributed by atoms with Crippen LogP contribution in [-0.2, 0) is 5.67 Å². The first-order chi connectivity index (χ1) is 8.85. The van der Waals surface area contributed by atoms with Crippen molar-refractivity contribution in [2.45, 2.75) is 19.5 Å². The fourth-order valence-corrected chi connectivity index (χ4v) is 1.84. The number of methoxy groups -OCH3 is 2. The molecular formula is C14H20FNO3. The average Bonchev–Trinajstić information content (AvgIpc) is 2.36. The molecule has 4 nitrogen and oxygen atoms in total. The van der Waals surface area contributed by atoms with Gasteiger partial charge in [0.2, 0.25) is 0 Å². The van der Waals surface area contributed by atoms with Crippen LogP contribution in [0.15, 0.2) is 12.1 Å². The van der Waals surface area contributed by atoms with Gasteiger partial charge in [0.1, 0.15) is 17.2 Å². The van der Waals surface area contributed by atoms with Crippen LogP contribution in [0.25, 0.3) is 0 Å². The van der Waals surface area contributed by atoms with Gasteiger partial charge < -0.3 is 14.8 Å². The van der Waals surface area contributed by atoms with E-state index in [0.29, 0.717) is 22.6 Å². The summed E-state index contributed by atoms with van der Waals surface area (Å²) in [6.45, 7) is 3.04. The van der Waals surface area contributed by atoms with Crippen LogP contribution in [-0.4, -0.2) is 33.6 Å². The highest BCUT2D eigenvalue weighted by Crippen LogP contribution is 2.37. The van der Waals surface area contributed by atoms with Crippen molar-refractivity contribution in [2.75, 3.05) is 27.8 Å². The zero-order chi connectivity index (χ0) is 14.6. The standard InChI is InChI=1S/C14H20FNO3/c1-14(2,15)10-7-12(18-4)9(6-13(10)19-5)11(17)8-16-3/h6-7,16H,8H2,1-5H3. The van der Waals surface area contributed by atoms with E-state index >= 15 is 0 Å². The van der Waals surface area contributed by atoms with E-state index in [1.807, 2.05) is 0 Å². The maximum atomic E-state index is 14.1. The molecule has 1 aromatic carbocycles. The van der Waals surface area contributed by atoms with Gasteiger partial charge in [-0.25, -0.2) is 4.39 Å². The minimum absolute atomic E-state index is 0.138. The van der Waals surface area contributed by atoms with Gasteiger partial charge in [0.15, 0.2) is 5.78 Å². The molecule has 0 amide bonds. The van der Waals surface area contributed by atoms with E-state index in [4.69, 9.17) is 9.47 Å². The Hall–Kier alpha value is -1.62. The predicted octanol–water partition coefficient (Wildman–Crippen LogP) is 2.31. The normalized spacial score (nSPS) is 11.3. The summed E-state index contributed by atoms with van der Waals surface area (Å²) >= 11 is 0. The molecule has 0 saturated carbocycles. The van der Waals surface area contributed by atoms with Crippen LogP contribution in [0.5, 0.6) is 11.5 Å². The molecule has 0 aliphatic carbocycles. The Balaban J connectivity index is 3.39. The lowest BCUT2D eigenvalue weighted by Crippen LogP contribution is -2.20. The van der Waals surface area contributed by atoms with Crippen LogP contribution >= 0.6 is 0 Å². The van der Waals surface area contributed by atoms with Crippen molar-refractivity contribution in [1.29, 1.82) is 0 Å². The number of ketones is 1. The first-order valence-corrected chi connectivity index (χ1v) is 5.98. The highest BCUT2D eigenvalue weighted by atomic mass is 19.1. The van der Waals surface area contributed by atoms with Crippen molar-refractivity contribution in [3.05, 3.63) is 23.3 Å². The third-order valence-electron chi connectivity index (χ3n) is 2.80. The minimum atomic E-state index is -1.58. The number of ether oxygens (including phenoxy) is 2. The van der Waals surface area contributed by atoms with Gasteiger partial charge in [0, 0.05) is 5.56 Å². The van der Waals surface area contributed by atoms with Crippen molar-refractivity contribution in [2.24, 2.45) is 0 Å². The first-order valence-electron chi connectivity index (χ1n) is 5.98. The molecule has 0 saturated heterocycles. The van der Waals surface area contributed by atoms with Crippen molar-refractivity contribution < 1.29 is 18.7 Å². The van der Waals surface area contributed by atoms with E-state index in [1.165, 1.54) is 40.2 Å². The molecule has 0 aliphatic heterocycles. The Bertz CT molecular complexity index is 466. The molecule has 0 atom stereocenters. The highest BCUT2D eigenvalue weighted by Gasteiger charge is 2.27. The summed E-state index contributed by atoms with van der Waals surface area (Å²) in [6.07, 6.45) is 0. The second kappa shape index (κ2) is 6.02. The van der Waals surface area contributed by atoms with Gasteiger partial charge in [-0.1, -0.05) is 0 Å². The number of hydrogen-bond donors (Lipinski definition) is 1. The fourth-order valence-electron chi connectivity index (χ4n) is 1.84. The van der Waals surface area contributed by atoms with Crippen molar-refractivity contribution in [3.63, 3.8) is 0 Å². The fraction of sp³-hybridized carbons (Fsp3) is 0.500. The number of carbonyl (C=O) groups excluding carboxylic acids is 1.